The van der Waals surface area contributed by atoms with E-state index in [-0.39, 0.29) is 6.42 Å². The Labute approximate surface area is 84.7 Å². The molecule has 1 heterocycles. The zero-order valence-electron chi connectivity index (χ0n) is 7.54. The third-order valence-electron chi connectivity index (χ3n) is 1.84. The van der Waals surface area contributed by atoms with Gasteiger partial charge in [-0.15, -0.1) is 0 Å². The molecule has 0 aliphatic carbocycles. The van der Waals surface area contributed by atoms with E-state index in [1.807, 2.05) is 18.5 Å². The van der Waals surface area contributed by atoms with E-state index in [2.05, 4.69) is 20.9 Å². The van der Waals surface area contributed by atoms with E-state index >= 15 is 0 Å². The van der Waals surface area contributed by atoms with Crippen molar-refractivity contribution in [2.24, 2.45) is 7.05 Å². The molecular weight excluding hydrogens is 236 g/mol. The van der Waals surface area contributed by atoms with E-state index in [9.17, 15) is 4.79 Å². The maximum Gasteiger partial charge on any atom is 0.303 e. The maximum absolute atomic E-state index is 10.3. The first-order valence-electron chi connectivity index (χ1n) is 3.92. The van der Waals surface area contributed by atoms with Gasteiger partial charge in [-0.25, -0.2) is 4.98 Å². The van der Waals surface area contributed by atoms with Crippen LogP contribution >= 0.6 is 15.9 Å². The van der Waals surface area contributed by atoms with Crippen LogP contribution in [0.5, 0.6) is 0 Å². The largest absolute Gasteiger partial charge is 0.481 e. The van der Waals surface area contributed by atoms with Crippen molar-refractivity contribution in [3.05, 3.63) is 16.1 Å². The summed E-state index contributed by atoms with van der Waals surface area (Å²) in [6.45, 7) is 1.88. The molecular formula is C8H11BrN2O2. The minimum Gasteiger partial charge on any atom is -0.481 e. The summed E-state index contributed by atoms with van der Waals surface area (Å²) in [4.78, 5) is 14.6. The predicted octanol–water partition coefficient (Wildman–Crippen LogP) is 1.51. The number of hydrogen-bond acceptors (Lipinski definition) is 2. The maximum atomic E-state index is 10.3. The highest BCUT2D eigenvalue weighted by Gasteiger charge is 2.09. The Morgan fingerprint density at radius 3 is 2.69 bits per heavy atom. The zero-order chi connectivity index (χ0) is 10.0. The molecule has 0 bridgehead atoms. The van der Waals surface area contributed by atoms with Crippen LogP contribution in [0.15, 0.2) is 4.60 Å². The first-order valence-corrected chi connectivity index (χ1v) is 4.71. The monoisotopic (exact) mass is 246 g/mol. The number of carbonyl (C=O) groups is 1. The fraction of sp³-hybridized carbons (Fsp3) is 0.500. The molecule has 0 fully saturated rings. The Hall–Kier alpha value is -0.840. The summed E-state index contributed by atoms with van der Waals surface area (Å²) < 4.78 is 2.77. The summed E-state index contributed by atoms with van der Waals surface area (Å²) >= 11 is 3.36. The zero-order valence-corrected chi connectivity index (χ0v) is 9.13. The van der Waals surface area contributed by atoms with Gasteiger partial charge < -0.3 is 9.67 Å². The highest BCUT2D eigenvalue weighted by atomic mass is 79.9. The lowest BCUT2D eigenvalue weighted by atomic mass is 10.3. The summed E-state index contributed by atoms with van der Waals surface area (Å²) in [5.41, 5.74) is 0.892. The molecule has 4 nitrogen and oxygen atoms in total. The van der Waals surface area contributed by atoms with Crippen molar-refractivity contribution in [3.8, 4) is 0 Å². The molecule has 13 heavy (non-hydrogen) atoms. The van der Waals surface area contributed by atoms with Crippen LogP contribution in [0.2, 0.25) is 0 Å². The fourth-order valence-electron chi connectivity index (χ4n) is 1.11. The fourth-order valence-corrected chi connectivity index (χ4v) is 1.41. The van der Waals surface area contributed by atoms with E-state index in [1.54, 1.807) is 0 Å². The van der Waals surface area contributed by atoms with Crippen LogP contribution in [-0.2, 0) is 18.3 Å². The molecule has 0 aromatic carbocycles. The third-order valence-corrected chi connectivity index (χ3v) is 2.95. The van der Waals surface area contributed by atoms with Gasteiger partial charge in [0.2, 0.25) is 0 Å². The Balaban J connectivity index is 2.78. The van der Waals surface area contributed by atoms with Crippen LogP contribution in [0.3, 0.4) is 0 Å². The van der Waals surface area contributed by atoms with Gasteiger partial charge in [0.1, 0.15) is 10.4 Å². The number of imidazole rings is 1. The molecule has 0 unspecified atom stereocenters. The summed E-state index contributed by atoms with van der Waals surface area (Å²) in [7, 11) is 1.86. The van der Waals surface area contributed by atoms with Gasteiger partial charge in [0, 0.05) is 13.5 Å². The van der Waals surface area contributed by atoms with Gasteiger partial charge in [0.25, 0.3) is 0 Å². The highest BCUT2D eigenvalue weighted by molar-refractivity contribution is 9.10. The van der Waals surface area contributed by atoms with Crippen molar-refractivity contribution in [1.82, 2.24) is 9.55 Å². The molecule has 0 saturated carbocycles. The van der Waals surface area contributed by atoms with Crippen molar-refractivity contribution in [3.63, 3.8) is 0 Å². The number of hydrogen-bond donors (Lipinski definition) is 1. The standard InChI is InChI=1S/C8H11BrN2O2/c1-5-8(9)11(2)6(10-5)3-4-7(12)13/h3-4H2,1-2H3,(H,12,13). The van der Waals surface area contributed by atoms with Crippen molar-refractivity contribution in [1.29, 1.82) is 0 Å². The summed E-state index contributed by atoms with van der Waals surface area (Å²) in [5.74, 6) is 0.00329. The topological polar surface area (TPSA) is 55.1 Å². The molecule has 1 aromatic heterocycles. The van der Waals surface area contributed by atoms with E-state index in [0.29, 0.717) is 6.42 Å². The lowest BCUT2D eigenvalue weighted by molar-refractivity contribution is -0.137. The van der Waals surface area contributed by atoms with Gasteiger partial charge in [-0.3, -0.25) is 4.79 Å². The van der Waals surface area contributed by atoms with Crippen LogP contribution in [-0.4, -0.2) is 20.6 Å². The second kappa shape index (κ2) is 3.91. The predicted molar refractivity (Wildman–Crippen MR) is 51.6 cm³/mol. The minimum atomic E-state index is -0.795. The molecule has 0 radical (unpaired) electrons. The molecule has 0 saturated heterocycles. The Kier molecular flexibility index (Phi) is 3.08. The number of carboxylic acid groups (broad SMARTS) is 1. The second-order valence-electron chi connectivity index (χ2n) is 2.86. The number of aryl methyl sites for hydroxylation is 2. The SMILES string of the molecule is Cc1nc(CCC(=O)O)n(C)c1Br. The quantitative estimate of drug-likeness (QED) is 0.880. The lowest BCUT2D eigenvalue weighted by Crippen LogP contribution is -2.03. The van der Waals surface area contributed by atoms with Gasteiger partial charge in [0.05, 0.1) is 12.1 Å². The van der Waals surface area contributed by atoms with Crippen LogP contribution in [0.1, 0.15) is 17.9 Å². The van der Waals surface area contributed by atoms with Crippen LogP contribution in [0.4, 0.5) is 0 Å². The Morgan fingerprint density at radius 2 is 2.31 bits per heavy atom. The first kappa shape index (κ1) is 10.2. The number of nitrogens with zero attached hydrogens (tertiary/aromatic N) is 2. The van der Waals surface area contributed by atoms with Crippen molar-refractivity contribution < 1.29 is 9.90 Å². The van der Waals surface area contributed by atoms with E-state index in [1.165, 1.54) is 0 Å². The molecule has 1 aromatic rings. The Morgan fingerprint density at radius 1 is 1.69 bits per heavy atom. The van der Waals surface area contributed by atoms with Gasteiger partial charge in [-0.2, -0.15) is 0 Å². The molecule has 0 atom stereocenters. The average molecular weight is 247 g/mol. The normalized spacial score (nSPS) is 10.4. The van der Waals surface area contributed by atoms with Gasteiger partial charge in [-0.05, 0) is 22.9 Å². The van der Waals surface area contributed by atoms with Gasteiger partial charge >= 0.3 is 5.97 Å². The molecule has 1 rings (SSSR count). The smallest absolute Gasteiger partial charge is 0.303 e. The van der Waals surface area contributed by atoms with Crippen molar-refractivity contribution in [2.45, 2.75) is 19.8 Å². The van der Waals surface area contributed by atoms with E-state index in [0.717, 1.165) is 16.1 Å². The van der Waals surface area contributed by atoms with Crippen LogP contribution in [0, 0.1) is 6.92 Å². The molecule has 0 spiro atoms. The Bertz CT molecular complexity index is 333. The van der Waals surface area contributed by atoms with E-state index < -0.39 is 5.97 Å². The third kappa shape index (κ3) is 2.30. The van der Waals surface area contributed by atoms with Crippen LogP contribution in [0.25, 0.3) is 0 Å². The van der Waals surface area contributed by atoms with Gasteiger partial charge in [0.15, 0.2) is 0 Å². The van der Waals surface area contributed by atoms with Crippen LogP contribution < -0.4 is 0 Å². The molecule has 0 aliphatic rings. The molecule has 0 amide bonds. The highest BCUT2D eigenvalue weighted by Crippen LogP contribution is 2.16. The number of halogens is 1. The number of rotatable bonds is 3. The molecule has 0 aliphatic heterocycles. The van der Waals surface area contributed by atoms with E-state index in [4.69, 9.17) is 5.11 Å². The number of aromatic nitrogens is 2. The average Bonchev–Trinajstić information content (AvgIpc) is 2.29. The summed E-state index contributed by atoms with van der Waals surface area (Å²) in [5, 5.41) is 8.49. The molecule has 5 heteroatoms. The second-order valence-corrected chi connectivity index (χ2v) is 3.61. The van der Waals surface area contributed by atoms with Gasteiger partial charge in [-0.1, -0.05) is 0 Å². The molecule has 72 valence electrons. The first-order chi connectivity index (χ1) is 6.02. The number of carboxylic acids is 1. The summed E-state index contributed by atoms with van der Waals surface area (Å²) in [6.07, 6.45) is 0.592. The van der Waals surface area contributed by atoms with Crippen molar-refractivity contribution >= 4 is 21.9 Å². The lowest BCUT2D eigenvalue weighted by Gasteiger charge is -1.99. The summed E-state index contributed by atoms with van der Waals surface area (Å²) in [6, 6.07) is 0. The molecule has 1 N–H and O–H groups in total. The number of aliphatic carboxylic acids is 1. The van der Waals surface area contributed by atoms with Crippen molar-refractivity contribution in [2.75, 3.05) is 0 Å². The minimum absolute atomic E-state index is 0.122.